The van der Waals surface area contributed by atoms with Crippen LogP contribution in [0.4, 0.5) is 34.1 Å². The Kier molecular flexibility index (Phi) is 10.1. The Bertz CT molecular complexity index is 3740. The van der Waals surface area contributed by atoms with Crippen molar-refractivity contribution in [3.8, 4) is 44.5 Å². The summed E-state index contributed by atoms with van der Waals surface area (Å²) in [4.78, 5) is 4.65. The smallest absolute Gasteiger partial charge is 0.143 e. The SMILES string of the molecule is c1ccc(N(c2ccc(-c3cccc4c3oc3ccccc34)cc2)c2cccc(-c3cccc(-c4cccc(N(c5ccccc5)c5ccc(-c6cccc7c6oc6ccccc67)cc5)c4)c3)c2)cc1. The molecule has 0 saturated heterocycles. The summed E-state index contributed by atoms with van der Waals surface area (Å²) in [5.41, 5.74) is 19.0. The number of hydrogen-bond acceptors (Lipinski definition) is 4. The minimum absolute atomic E-state index is 0.901. The van der Waals surface area contributed by atoms with Gasteiger partial charge >= 0.3 is 0 Å². The summed E-state index contributed by atoms with van der Waals surface area (Å²) in [6.07, 6.45) is 0. The first-order valence-corrected chi connectivity index (χ1v) is 23.7. The van der Waals surface area contributed by atoms with Crippen molar-refractivity contribution in [3.63, 3.8) is 0 Å². The molecule has 13 rings (SSSR count). The van der Waals surface area contributed by atoms with Gasteiger partial charge in [-0.1, -0.05) is 176 Å². The third kappa shape index (κ3) is 7.36. The molecule has 2 heterocycles. The van der Waals surface area contributed by atoms with Crippen LogP contribution in [0.25, 0.3) is 88.4 Å². The average molecular weight is 897 g/mol. The van der Waals surface area contributed by atoms with E-state index in [2.05, 4.69) is 252 Å². The highest BCUT2D eigenvalue weighted by Crippen LogP contribution is 2.43. The lowest BCUT2D eigenvalue weighted by Crippen LogP contribution is -2.10. The van der Waals surface area contributed by atoms with Crippen molar-refractivity contribution < 1.29 is 8.83 Å². The predicted molar refractivity (Wildman–Crippen MR) is 292 cm³/mol. The molecule has 4 nitrogen and oxygen atoms in total. The van der Waals surface area contributed by atoms with Crippen molar-refractivity contribution in [1.29, 1.82) is 0 Å². The van der Waals surface area contributed by atoms with Crippen LogP contribution in [0.15, 0.2) is 276 Å². The van der Waals surface area contributed by atoms with Gasteiger partial charge in [0.2, 0.25) is 0 Å². The van der Waals surface area contributed by atoms with E-state index in [1.165, 1.54) is 0 Å². The van der Waals surface area contributed by atoms with E-state index >= 15 is 0 Å². The maximum atomic E-state index is 6.42. The molecule has 0 fully saturated rings. The van der Waals surface area contributed by atoms with Gasteiger partial charge in [0, 0.05) is 66.8 Å². The van der Waals surface area contributed by atoms with E-state index in [1.54, 1.807) is 0 Å². The molecule has 0 aliphatic carbocycles. The molecule has 0 aliphatic heterocycles. The summed E-state index contributed by atoms with van der Waals surface area (Å²) < 4.78 is 12.8. The van der Waals surface area contributed by atoms with Crippen LogP contribution >= 0.6 is 0 Å². The number of hydrogen-bond donors (Lipinski definition) is 0. The summed E-state index contributed by atoms with van der Waals surface area (Å²) in [5, 5.41) is 4.52. The Morgan fingerprint density at radius 2 is 0.543 bits per heavy atom. The molecular formula is C66H44N2O2. The lowest BCUT2D eigenvalue weighted by Gasteiger charge is -2.26. The molecule has 330 valence electrons. The molecule has 0 saturated carbocycles. The van der Waals surface area contributed by atoms with Gasteiger partial charge in [0.1, 0.15) is 22.3 Å². The Morgan fingerprint density at radius 1 is 0.214 bits per heavy atom. The molecule has 0 amide bonds. The van der Waals surface area contributed by atoms with Gasteiger partial charge in [-0.3, -0.25) is 0 Å². The number of furan rings is 2. The van der Waals surface area contributed by atoms with Crippen LogP contribution < -0.4 is 9.80 Å². The van der Waals surface area contributed by atoms with Gasteiger partial charge in [-0.2, -0.15) is 0 Å². The fraction of sp³-hybridized carbons (Fsp3) is 0. The van der Waals surface area contributed by atoms with Gasteiger partial charge in [-0.25, -0.2) is 0 Å². The summed E-state index contributed by atoms with van der Waals surface area (Å²) in [5.74, 6) is 0. The van der Waals surface area contributed by atoms with E-state index in [4.69, 9.17) is 8.83 Å². The quantitative estimate of drug-likeness (QED) is 0.137. The van der Waals surface area contributed by atoms with Gasteiger partial charge < -0.3 is 18.6 Å². The van der Waals surface area contributed by atoms with Crippen molar-refractivity contribution in [2.24, 2.45) is 0 Å². The third-order valence-electron chi connectivity index (χ3n) is 13.4. The molecule has 0 atom stereocenters. The number of benzene rings is 11. The Balaban J connectivity index is 0.822. The van der Waals surface area contributed by atoms with Crippen LogP contribution in [0.1, 0.15) is 0 Å². The molecule has 0 spiro atoms. The first-order chi connectivity index (χ1) is 34.7. The molecule has 0 radical (unpaired) electrons. The molecule has 4 heteroatoms. The largest absolute Gasteiger partial charge is 0.455 e. The van der Waals surface area contributed by atoms with Gasteiger partial charge in [0.25, 0.3) is 0 Å². The second-order valence-corrected chi connectivity index (χ2v) is 17.7. The Morgan fingerprint density at radius 3 is 0.986 bits per heavy atom. The second kappa shape index (κ2) is 17.4. The van der Waals surface area contributed by atoms with E-state index in [1.807, 2.05) is 24.3 Å². The number of anilines is 6. The van der Waals surface area contributed by atoms with E-state index in [9.17, 15) is 0 Å². The van der Waals surface area contributed by atoms with Crippen LogP contribution in [0.3, 0.4) is 0 Å². The van der Waals surface area contributed by atoms with Crippen molar-refractivity contribution in [2.75, 3.05) is 9.80 Å². The van der Waals surface area contributed by atoms with Gasteiger partial charge in [0.15, 0.2) is 0 Å². The van der Waals surface area contributed by atoms with Crippen LogP contribution in [0, 0.1) is 0 Å². The molecule has 0 N–H and O–H groups in total. The van der Waals surface area contributed by atoms with E-state index < -0.39 is 0 Å². The molecule has 13 aromatic rings. The zero-order valence-electron chi connectivity index (χ0n) is 38.1. The summed E-state index contributed by atoms with van der Waals surface area (Å²) in [7, 11) is 0. The molecule has 70 heavy (non-hydrogen) atoms. The lowest BCUT2D eigenvalue weighted by molar-refractivity contribution is 0.669. The highest BCUT2D eigenvalue weighted by molar-refractivity contribution is 6.10. The molecule has 0 aliphatic rings. The molecular weight excluding hydrogens is 853 g/mol. The highest BCUT2D eigenvalue weighted by Gasteiger charge is 2.19. The fourth-order valence-electron chi connectivity index (χ4n) is 10.1. The van der Waals surface area contributed by atoms with Crippen molar-refractivity contribution in [1.82, 2.24) is 0 Å². The number of para-hydroxylation sites is 6. The van der Waals surface area contributed by atoms with Crippen LogP contribution in [-0.4, -0.2) is 0 Å². The van der Waals surface area contributed by atoms with Crippen LogP contribution in [0.5, 0.6) is 0 Å². The number of rotatable bonds is 10. The standard InChI is InChI=1S/C66H44N2O2/c1-3-20-51(21-4-1)67(53-38-34-45(35-39-53)57-28-14-30-61-59-26-7-9-32-63(59)69-65(57)61)55-24-12-18-49(43-55)47-16-11-17-48(42-47)50-19-13-25-56(44-50)68(52-22-5-2-6-23-52)54-40-36-46(37-41-54)58-29-15-31-62-60-27-8-10-33-64(60)70-66(58)62/h1-44H. The number of nitrogens with zero attached hydrogens (tertiary/aromatic N) is 2. The molecule has 11 aromatic carbocycles. The normalized spacial score (nSPS) is 11.4. The van der Waals surface area contributed by atoms with Crippen LogP contribution in [0.2, 0.25) is 0 Å². The van der Waals surface area contributed by atoms with Crippen molar-refractivity contribution in [2.45, 2.75) is 0 Å². The fourth-order valence-corrected chi connectivity index (χ4v) is 10.1. The van der Waals surface area contributed by atoms with E-state index in [0.29, 0.717) is 0 Å². The summed E-state index contributed by atoms with van der Waals surface area (Å²) in [6, 6.07) is 94.7. The van der Waals surface area contributed by atoms with E-state index in [0.717, 1.165) is 123 Å². The zero-order chi connectivity index (χ0) is 46.4. The summed E-state index contributed by atoms with van der Waals surface area (Å²) >= 11 is 0. The Hall–Kier alpha value is -9.38. The first-order valence-electron chi connectivity index (χ1n) is 23.7. The maximum Gasteiger partial charge on any atom is 0.143 e. The van der Waals surface area contributed by atoms with Gasteiger partial charge in [-0.15, -0.1) is 0 Å². The topological polar surface area (TPSA) is 32.8 Å². The van der Waals surface area contributed by atoms with E-state index in [-0.39, 0.29) is 0 Å². The monoisotopic (exact) mass is 896 g/mol. The Labute approximate surface area is 406 Å². The van der Waals surface area contributed by atoms with Crippen LogP contribution in [-0.2, 0) is 0 Å². The second-order valence-electron chi connectivity index (χ2n) is 17.7. The predicted octanol–water partition coefficient (Wildman–Crippen LogP) is 19.1. The average Bonchev–Trinajstić information content (AvgIpc) is 4.02. The minimum Gasteiger partial charge on any atom is -0.455 e. The zero-order valence-corrected chi connectivity index (χ0v) is 38.1. The number of fused-ring (bicyclic) bond motifs is 6. The minimum atomic E-state index is 0.901. The third-order valence-corrected chi connectivity index (χ3v) is 13.4. The highest BCUT2D eigenvalue weighted by atomic mass is 16.3. The lowest BCUT2D eigenvalue weighted by atomic mass is 9.97. The molecule has 2 aromatic heterocycles. The molecule has 0 bridgehead atoms. The summed E-state index contributed by atoms with van der Waals surface area (Å²) in [6.45, 7) is 0. The first kappa shape index (κ1) is 40.9. The van der Waals surface area contributed by atoms with Gasteiger partial charge in [-0.05, 0) is 124 Å². The van der Waals surface area contributed by atoms with Gasteiger partial charge in [0.05, 0.1) is 0 Å². The molecule has 0 unspecified atom stereocenters. The van der Waals surface area contributed by atoms with Crippen molar-refractivity contribution in [3.05, 3.63) is 267 Å². The maximum absolute atomic E-state index is 6.42. The van der Waals surface area contributed by atoms with Crippen molar-refractivity contribution >= 4 is 78.0 Å².